The number of nitrogens with zero attached hydrogens (tertiary/aromatic N) is 4. The highest BCUT2D eigenvalue weighted by molar-refractivity contribution is 7.92. The van der Waals surface area contributed by atoms with Crippen molar-refractivity contribution in [2.24, 2.45) is 0 Å². The molecule has 0 saturated heterocycles. The molecule has 2 aromatic carbocycles. The van der Waals surface area contributed by atoms with Gasteiger partial charge >= 0.3 is 0 Å². The van der Waals surface area contributed by atoms with E-state index in [9.17, 15) is 8.42 Å². The fraction of sp³-hybridized carbons (Fsp3) is 0.105. The summed E-state index contributed by atoms with van der Waals surface area (Å²) in [6, 6.07) is 16.0. The van der Waals surface area contributed by atoms with E-state index in [1.54, 1.807) is 34.8 Å². The molecule has 0 unspecified atom stereocenters. The van der Waals surface area contributed by atoms with Crippen LogP contribution in [0.15, 0.2) is 65.8 Å². The molecule has 0 aliphatic rings. The van der Waals surface area contributed by atoms with Crippen LogP contribution in [0.25, 0.3) is 16.9 Å². The number of nitrogens with one attached hydrogen (secondary N) is 1. The molecule has 0 aliphatic heterocycles. The van der Waals surface area contributed by atoms with Crippen molar-refractivity contribution >= 4 is 21.4 Å². The van der Waals surface area contributed by atoms with E-state index in [-0.39, 0.29) is 4.90 Å². The molecule has 136 valence electrons. The summed E-state index contributed by atoms with van der Waals surface area (Å²) in [5.41, 5.74) is 4.38. The summed E-state index contributed by atoms with van der Waals surface area (Å²) in [5.74, 6) is 0. The molecule has 1 N–H and O–H groups in total. The summed E-state index contributed by atoms with van der Waals surface area (Å²) in [4.78, 5) is 0.245. The van der Waals surface area contributed by atoms with Gasteiger partial charge in [0.05, 0.1) is 10.6 Å². The summed E-state index contributed by atoms with van der Waals surface area (Å²) < 4.78 is 29.7. The largest absolute Gasteiger partial charge is 0.280 e. The maximum absolute atomic E-state index is 12.7. The van der Waals surface area contributed by atoms with Gasteiger partial charge in [-0.25, -0.2) is 8.42 Å². The molecule has 0 spiro atoms. The summed E-state index contributed by atoms with van der Waals surface area (Å²) in [7, 11) is -3.68. The topological polar surface area (TPSA) is 89.2 Å². The molecule has 4 aromatic rings. The van der Waals surface area contributed by atoms with Crippen LogP contribution in [0.4, 0.5) is 5.69 Å². The van der Waals surface area contributed by atoms with Gasteiger partial charge in [-0.3, -0.25) is 4.72 Å². The molecule has 0 amide bonds. The van der Waals surface area contributed by atoms with Gasteiger partial charge in [0.25, 0.3) is 10.0 Å². The quantitative estimate of drug-likeness (QED) is 0.588. The number of hydrogen-bond acceptors (Lipinski definition) is 5. The van der Waals surface area contributed by atoms with Crippen molar-refractivity contribution < 1.29 is 8.42 Å². The first kappa shape index (κ1) is 17.2. The Balaban J connectivity index is 1.67. The van der Waals surface area contributed by atoms with Crippen molar-refractivity contribution in [3.8, 4) is 11.3 Å². The molecule has 0 saturated carbocycles. The average Bonchev–Trinajstić information content (AvgIpc) is 3.08. The lowest BCUT2D eigenvalue weighted by atomic mass is 10.1. The van der Waals surface area contributed by atoms with Crippen LogP contribution < -0.4 is 4.72 Å². The van der Waals surface area contributed by atoms with Gasteiger partial charge in [-0.2, -0.15) is 9.61 Å². The van der Waals surface area contributed by atoms with Crippen molar-refractivity contribution in [1.82, 2.24) is 19.8 Å². The monoisotopic (exact) mass is 379 g/mol. The van der Waals surface area contributed by atoms with Crippen LogP contribution >= 0.6 is 0 Å². The minimum atomic E-state index is -3.68. The number of sulfonamides is 1. The van der Waals surface area contributed by atoms with E-state index in [2.05, 4.69) is 20.0 Å². The minimum Gasteiger partial charge on any atom is -0.280 e. The molecule has 0 atom stereocenters. The Morgan fingerprint density at radius 3 is 2.52 bits per heavy atom. The molecule has 27 heavy (non-hydrogen) atoms. The van der Waals surface area contributed by atoms with Crippen LogP contribution in [0.1, 0.15) is 11.1 Å². The van der Waals surface area contributed by atoms with Crippen molar-refractivity contribution in [3.05, 3.63) is 72.1 Å². The van der Waals surface area contributed by atoms with E-state index in [4.69, 9.17) is 0 Å². The molecule has 2 aromatic heterocycles. The third-order valence-electron chi connectivity index (χ3n) is 4.08. The van der Waals surface area contributed by atoms with Crippen molar-refractivity contribution in [2.45, 2.75) is 18.7 Å². The van der Waals surface area contributed by atoms with Gasteiger partial charge in [0, 0.05) is 11.3 Å². The second-order valence-corrected chi connectivity index (χ2v) is 8.04. The Morgan fingerprint density at radius 2 is 1.74 bits per heavy atom. The van der Waals surface area contributed by atoms with Gasteiger partial charge in [0.2, 0.25) is 0 Å². The lowest BCUT2D eigenvalue weighted by Crippen LogP contribution is -2.13. The smallest absolute Gasteiger partial charge is 0.261 e. The Hall–Kier alpha value is -3.26. The zero-order chi connectivity index (χ0) is 19.0. The number of aryl methyl sites for hydroxylation is 2. The van der Waals surface area contributed by atoms with Gasteiger partial charge in [-0.05, 0) is 61.4 Å². The first-order chi connectivity index (χ1) is 12.9. The molecule has 7 nitrogen and oxygen atoms in total. The zero-order valence-electron chi connectivity index (χ0n) is 14.8. The summed E-state index contributed by atoms with van der Waals surface area (Å²) in [6.07, 6.45) is 1.52. The lowest BCUT2D eigenvalue weighted by Gasteiger charge is -2.11. The molecule has 0 bridgehead atoms. The van der Waals surface area contributed by atoms with E-state index in [1.807, 2.05) is 38.1 Å². The van der Waals surface area contributed by atoms with Gasteiger partial charge in [-0.15, -0.1) is 10.2 Å². The van der Waals surface area contributed by atoms with Crippen LogP contribution in [0.2, 0.25) is 0 Å². The third-order valence-corrected chi connectivity index (χ3v) is 5.44. The van der Waals surface area contributed by atoms with Crippen LogP contribution in [0, 0.1) is 13.8 Å². The fourth-order valence-corrected chi connectivity index (χ4v) is 4.16. The highest BCUT2D eigenvalue weighted by Gasteiger charge is 2.15. The number of hydrogen-bond donors (Lipinski definition) is 1. The van der Waals surface area contributed by atoms with E-state index >= 15 is 0 Å². The summed E-state index contributed by atoms with van der Waals surface area (Å²) >= 11 is 0. The average molecular weight is 379 g/mol. The van der Waals surface area contributed by atoms with Crippen molar-refractivity contribution in [1.29, 1.82) is 0 Å². The minimum absolute atomic E-state index is 0.245. The second-order valence-electron chi connectivity index (χ2n) is 6.36. The Bertz CT molecular complexity index is 1230. The number of aromatic nitrogens is 4. The van der Waals surface area contributed by atoms with Crippen LogP contribution in [-0.2, 0) is 10.0 Å². The third kappa shape index (κ3) is 3.52. The second kappa shape index (κ2) is 6.48. The highest BCUT2D eigenvalue weighted by Crippen LogP contribution is 2.24. The Labute approximate surface area is 156 Å². The van der Waals surface area contributed by atoms with Crippen molar-refractivity contribution in [2.75, 3.05) is 4.72 Å². The van der Waals surface area contributed by atoms with Gasteiger partial charge in [-0.1, -0.05) is 18.2 Å². The molecule has 2 heterocycles. The number of anilines is 1. The molecule has 0 aliphatic carbocycles. The normalized spacial score (nSPS) is 11.6. The SMILES string of the molecule is Cc1cc(C)cc(S(=O)(=O)Nc2cccc(-c3ccc4nncn4n3)c2)c1. The predicted octanol–water partition coefficient (Wildman–Crippen LogP) is 3.21. The lowest BCUT2D eigenvalue weighted by molar-refractivity contribution is 0.601. The fourth-order valence-electron chi connectivity index (χ4n) is 2.93. The first-order valence-electron chi connectivity index (χ1n) is 8.29. The zero-order valence-corrected chi connectivity index (χ0v) is 15.6. The van der Waals surface area contributed by atoms with Crippen LogP contribution in [0.5, 0.6) is 0 Å². The maximum Gasteiger partial charge on any atom is 0.261 e. The Morgan fingerprint density at radius 1 is 0.963 bits per heavy atom. The van der Waals surface area contributed by atoms with Gasteiger partial charge in [0.1, 0.15) is 6.33 Å². The maximum atomic E-state index is 12.7. The molecule has 4 rings (SSSR count). The van der Waals surface area contributed by atoms with E-state index in [0.717, 1.165) is 16.7 Å². The molecular weight excluding hydrogens is 362 g/mol. The van der Waals surface area contributed by atoms with E-state index in [0.29, 0.717) is 17.0 Å². The van der Waals surface area contributed by atoms with Gasteiger partial charge < -0.3 is 0 Å². The molecule has 0 fully saturated rings. The number of rotatable bonds is 4. The number of fused-ring (bicyclic) bond motifs is 1. The Kier molecular flexibility index (Phi) is 4.12. The summed E-state index contributed by atoms with van der Waals surface area (Å²) in [5, 5.41) is 12.2. The van der Waals surface area contributed by atoms with Crippen molar-refractivity contribution in [3.63, 3.8) is 0 Å². The van der Waals surface area contributed by atoms with E-state index in [1.165, 1.54) is 6.33 Å². The van der Waals surface area contributed by atoms with Crippen LogP contribution in [0.3, 0.4) is 0 Å². The molecule has 0 radical (unpaired) electrons. The number of benzene rings is 2. The predicted molar refractivity (Wildman–Crippen MR) is 103 cm³/mol. The van der Waals surface area contributed by atoms with Crippen LogP contribution in [-0.4, -0.2) is 28.2 Å². The molecular formula is C19H17N5O2S. The molecule has 8 heteroatoms. The first-order valence-corrected chi connectivity index (χ1v) is 9.78. The van der Waals surface area contributed by atoms with Gasteiger partial charge in [0.15, 0.2) is 5.65 Å². The summed E-state index contributed by atoms with van der Waals surface area (Å²) in [6.45, 7) is 3.75. The van der Waals surface area contributed by atoms with E-state index < -0.39 is 10.0 Å². The highest BCUT2D eigenvalue weighted by atomic mass is 32.2. The standard InChI is InChI=1S/C19H17N5O2S/c1-13-8-14(2)10-17(9-13)27(25,26)23-16-5-3-4-15(11-16)18-6-7-19-21-20-12-24(19)22-18/h3-12,23H,1-2H3.